The van der Waals surface area contributed by atoms with Crippen LogP contribution < -0.4 is 5.32 Å². The van der Waals surface area contributed by atoms with E-state index in [4.69, 9.17) is 14.7 Å². The van der Waals surface area contributed by atoms with Crippen LogP contribution in [0.1, 0.15) is 12.8 Å². The lowest BCUT2D eigenvalue weighted by atomic mass is 9.97. The molecule has 0 aromatic rings. The van der Waals surface area contributed by atoms with Crippen molar-refractivity contribution in [2.24, 2.45) is 0 Å². The first-order chi connectivity index (χ1) is 8.18. The third-order valence-electron chi connectivity index (χ3n) is 2.95. The lowest BCUT2D eigenvalue weighted by Gasteiger charge is -2.33. The van der Waals surface area contributed by atoms with Crippen molar-refractivity contribution >= 4 is 0 Å². The van der Waals surface area contributed by atoms with Gasteiger partial charge in [-0.25, -0.2) is 4.39 Å². The van der Waals surface area contributed by atoms with Gasteiger partial charge in [0.25, 0.3) is 0 Å². The molecule has 2 heterocycles. The smallest absolute Gasteiger partial charge is 0.248 e. The monoisotopic (exact) mass is 238 g/mol. The Kier molecular flexibility index (Phi) is 3.46. The maximum Gasteiger partial charge on any atom is 0.248 e. The van der Waals surface area contributed by atoms with E-state index in [0.29, 0.717) is 26.1 Å². The van der Waals surface area contributed by atoms with E-state index in [1.165, 1.54) is 0 Å². The highest BCUT2D eigenvalue weighted by atomic mass is 19.1. The molecule has 0 spiro atoms. The van der Waals surface area contributed by atoms with E-state index in [9.17, 15) is 4.39 Å². The molecule has 0 aliphatic carbocycles. The summed E-state index contributed by atoms with van der Waals surface area (Å²) in [5.74, 6) is 0. The number of dihydropyridines is 1. The fourth-order valence-corrected chi connectivity index (χ4v) is 1.78. The molecule has 17 heavy (non-hydrogen) atoms. The SMILES string of the molecule is N#CC1(OCC2(F)CCOCC2)C=CC=CN1. The van der Waals surface area contributed by atoms with Gasteiger partial charge < -0.3 is 14.8 Å². The topological polar surface area (TPSA) is 54.3 Å². The van der Waals surface area contributed by atoms with E-state index in [-0.39, 0.29) is 6.61 Å². The van der Waals surface area contributed by atoms with Crippen LogP contribution in [0.2, 0.25) is 0 Å². The minimum Gasteiger partial charge on any atom is -0.381 e. The Morgan fingerprint density at radius 2 is 2.18 bits per heavy atom. The van der Waals surface area contributed by atoms with Crippen molar-refractivity contribution in [3.05, 3.63) is 24.4 Å². The Hall–Kier alpha value is -1.38. The van der Waals surface area contributed by atoms with E-state index < -0.39 is 11.4 Å². The molecule has 4 nitrogen and oxygen atoms in total. The van der Waals surface area contributed by atoms with Gasteiger partial charge in [-0.15, -0.1) is 0 Å². The number of nitriles is 1. The highest BCUT2D eigenvalue weighted by Gasteiger charge is 2.37. The van der Waals surface area contributed by atoms with Crippen molar-refractivity contribution in [2.45, 2.75) is 24.2 Å². The Bertz CT molecular complexity index is 369. The molecule has 0 aromatic carbocycles. The maximum atomic E-state index is 14.2. The fourth-order valence-electron chi connectivity index (χ4n) is 1.78. The number of alkyl halides is 1. The summed E-state index contributed by atoms with van der Waals surface area (Å²) in [7, 11) is 0. The molecule has 1 fully saturated rings. The summed E-state index contributed by atoms with van der Waals surface area (Å²) < 4.78 is 24.8. The zero-order valence-corrected chi connectivity index (χ0v) is 9.49. The molecule has 5 heteroatoms. The molecule has 2 aliphatic heterocycles. The van der Waals surface area contributed by atoms with E-state index in [1.54, 1.807) is 24.4 Å². The van der Waals surface area contributed by atoms with Crippen LogP contribution in [-0.2, 0) is 9.47 Å². The van der Waals surface area contributed by atoms with Crippen LogP contribution in [0, 0.1) is 11.3 Å². The van der Waals surface area contributed by atoms with E-state index in [1.807, 2.05) is 6.07 Å². The zero-order chi connectivity index (χ0) is 12.2. The molecule has 0 radical (unpaired) electrons. The summed E-state index contributed by atoms with van der Waals surface area (Å²) in [6.07, 6.45) is 7.27. The van der Waals surface area contributed by atoms with E-state index >= 15 is 0 Å². The summed E-state index contributed by atoms with van der Waals surface area (Å²) in [6.45, 7) is 0.709. The molecule has 1 saturated heterocycles. The van der Waals surface area contributed by atoms with Gasteiger partial charge in [0.15, 0.2) is 0 Å². The summed E-state index contributed by atoms with van der Waals surface area (Å²) in [5, 5.41) is 11.9. The average Bonchev–Trinajstić information content (AvgIpc) is 2.39. The molecule has 2 aliphatic rings. The number of ether oxygens (including phenoxy) is 2. The van der Waals surface area contributed by atoms with Crippen LogP contribution in [0.3, 0.4) is 0 Å². The first-order valence-electron chi connectivity index (χ1n) is 5.62. The molecule has 1 N–H and O–H groups in total. The lowest BCUT2D eigenvalue weighted by molar-refractivity contribution is -0.0914. The molecule has 0 bridgehead atoms. The molecule has 0 aromatic heterocycles. The van der Waals surface area contributed by atoms with Gasteiger partial charge in [0.05, 0.1) is 6.61 Å². The number of nitrogens with zero attached hydrogens (tertiary/aromatic N) is 1. The van der Waals surface area contributed by atoms with Crippen LogP contribution in [0.5, 0.6) is 0 Å². The number of rotatable bonds is 3. The lowest BCUT2D eigenvalue weighted by Crippen LogP contribution is -2.47. The summed E-state index contributed by atoms with van der Waals surface area (Å²) in [5.41, 5.74) is -2.63. The molecular weight excluding hydrogens is 223 g/mol. The number of allylic oxidation sites excluding steroid dienone is 2. The summed E-state index contributed by atoms with van der Waals surface area (Å²) >= 11 is 0. The minimum absolute atomic E-state index is 0.102. The standard InChI is InChI=1S/C12H15FN2O2/c13-11(4-7-16-8-5-11)10-17-12(9-14)3-1-2-6-15-12/h1-3,6,15H,4-5,7-8,10H2. The third-order valence-corrected chi connectivity index (χ3v) is 2.95. The third kappa shape index (κ3) is 2.84. The fraction of sp³-hybridized carbons (Fsp3) is 0.583. The van der Waals surface area contributed by atoms with Crippen molar-refractivity contribution in [1.29, 1.82) is 5.26 Å². The maximum absolute atomic E-state index is 14.2. The van der Waals surface area contributed by atoms with Crippen LogP contribution >= 0.6 is 0 Å². The molecule has 2 rings (SSSR count). The van der Waals surface area contributed by atoms with Crippen molar-refractivity contribution in [2.75, 3.05) is 19.8 Å². The van der Waals surface area contributed by atoms with Crippen molar-refractivity contribution in [3.63, 3.8) is 0 Å². The number of halogens is 1. The second-order valence-corrected chi connectivity index (χ2v) is 4.26. The van der Waals surface area contributed by atoms with Crippen LogP contribution in [0.4, 0.5) is 4.39 Å². The van der Waals surface area contributed by atoms with Crippen molar-refractivity contribution < 1.29 is 13.9 Å². The number of nitrogens with one attached hydrogen (secondary N) is 1. The number of hydrogen-bond acceptors (Lipinski definition) is 4. The molecule has 1 unspecified atom stereocenters. The van der Waals surface area contributed by atoms with E-state index in [2.05, 4.69) is 5.32 Å². The van der Waals surface area contributed by atoms with E-state index in [0.717, 1.165) is 0 Å². The second kappa shape index (κ2) is 4.86. The highest BCUT2D eigenvalue weighted by Crippen LogP contribution is 2.27. The Morgan fingerprint density at radius 1 is 1.41 bits per heavy atom. The average molecular weight is 238 g/mol. The first kappa shape index (κ1) is 12.1. The highest BCUT2D eigenvalue weighted by molar-refractivity contribution is 5.24. The van der Waals surface area contributed by atoms with Gasteiger partial charge in [-0.05, 0) is 12.2 Å². The Balaban J connectivity index is 1.94. The molecule has 0 amide bonds. The summed E-state index contributed by atoms with van der Waals surface area (Å²) in [6, 6.07) is 2.00. The molecule has 92 valence electrons. The second-order valence-electron chi connectivity index (χ2n) is 4.26. The summed E-state index contributed by atoms with van der Waals surface area (Å²) in [4.78, 5) is 0. The van der Waals surface area contributed by atoms with Gasteiger partial charge in [0.2, 0.25) is 5.72 Å². The number of hydrogen-bond donors (Lipinski definition) is 1. The van der Waals surface area contributed by atoms with Gasteiger partial charge in [0, 0.05) is 32.3 Å². The predicted octanol–water partition coefficient (Wildman–Crippen LogP) is 1.41. The van der Waals surface area contributed by atoms with Gasteiger partial charge in [-0.1, -0.05) is 6.08 Å². The molecule has 0 saturated carbocycles. The van der Waals surface area contributed by atoms with Gasteiger partial charge in [-0.2, -0.15) is 5.26 Å². The van der Waals surface area contributed by atoms with Crippen LogP contribution in [-0.4, -0.2) is 31.2 Å². The molecular formula is C12H15FN2O2. The quantitative estimate of drug-likeness (QED) is 0.807. The first-order valence-corrected chi connectivity index (χ1v) is 5.62. The largest absolute Gasteiger partial charge is 0.381 e. The molecule has 1 atom stereocenters. The zero-order valence-electron chi connectivity index (χ0n) is 9.49. The van der Waals surface area contributed by atoms with Gasteiger partial charge in [0.1, 0.15) is 11.7 Å². The minimum atomic E-state index is -1.39. The Labute approximate surface area is 99.7 Å². The van der Waals surface area contributed by atoms with Crippen LogP contribution in [0.25, 0.3) is 0 Å². The van der Waals surface area contributed by atoms with Gasteiger partial charge >= 0.3 is 0 Å². The van der Waals surface area contributed by atoms with Crippen molar-refractivity contribution in [3.8, 4) is 6.07 Å². The predicted molar refractivity (Wildman–Crippen MR) is 59.6 cm³/mol. The van der Waals surface area contributed by atoms with Gasteiger partial charge in [-0.3, -0.25) is 0 Å². The Morgan fingerprint density at radius 3 is 2.76 bits per heavy atom. The van der Waals surface area contributed by atoms with Crippen molar-refractivity contribution in [1.82, 2.24) is 5.32 Å². The normalized spacial score (nSPS) is 30.6. The van der Waals surface area contributed by atoms with Crippen LogP contribution in [0.15, 0.2) is 24.4 Å².